The maximum absolute atomic E-state index is 5.75. The lowest BCUT2D eigenvalue weighted by atomic mass is 10.2. The molecule has 3 rings (SSSR count). The first-order valence-corrected chi connectivity index (χ1v) is 6.00. The highest BCUT2D eigenvalue weighted by Crippen LogP contribution is 2.20. The Hall–Kier alpha value is -1.79. The van der Waals surface area contributed by atoms with Gasteiger partial charge in [0.15, 0.2) is 0 Å². The number of morpholine rings is 1. The minimum atomic E-state index is 0.0247. The summed E-state index contributed by atoms with van der Waals surface area (Å²) < 4.78 is 5.75. The summed E-state index contributed by atoms with van der Waals surface area (Å²) in [6, 6.07) is 1.90. The molecular formula is C12H15N5O. The van der Waals surface area contributed by atoms with Crippen LogP contribution in [0.3, 0.4) is 0 Å². The third-order valence-electron chi connectivity index (χ3n) is 3.01. The molecule has 18 heavy (non-hydrogen) atoms. The van der Waals surface area contributed by atoms with Crippen molar-refractivity contribution in [3.05, 3.63) is 42.5 Å². The number of rotatable bonds is 3. The highest BCUT2D eigenvalue weighted by Gasteiger charge is 2.23. The molecule has 0 radical (unpaired) electrons. The second-order valence-electron chi connectivity index (χ2n) is 4.26. The zero-order valence-corrected chi connectivity index (χ0v) is 9.99. The summed E-state index contributed by atoms with van der Waals surface area (Å²) in [4.78, 5) is 17.9. The average molecular weight is 245 g/mol. The normalized spacial score (nSPS) is 21.0. The zero-order valence-electron chi connectivity index (χ0n) is 9.99. The van der Waals surface area contributed by atoms with Crippen LogP contribution in [0, 0.1) is 0 Å². The van der Waals surface area contributed by atoms with E-state index in [2.05, 4.69) is 24.8 Å². The number of hydrogen-bond donors (Lipinski definition) is 1. The quantitative estimate of drug-likeness (QED) is 0.865. The van der Waals surface area contributed by atoms with Gasteiger partial charge in [-0.25, -0.2) is 15.0 Å². The molecule has 0 aromatic carbocycles. The molecular weight excluding hydrogens is 230 g/mol. The molecule has 6 heteroatoms. The van der Waals surface area contributed by atoms with Crippen molar-refractivity contribution in [2.24, 2.45) is 0 Å². The molecule has 0 saturated carbocycles. The maximum atomic E-state index is 5.75. The number of nitrogens with zero attached hydrogens (tertiary/aromatic N) is 4. The van der Waals surface area contributed by atoms with E-state index in [-0.39, 0.29) is 6.10 Å². The van der Waals surface area contributed by atoms with Crippen LogP contribution in [-0.2, 0) is 11.3 Å². The van der Waals surface area contributed by atoms with E-state index < -0.39 is 0 Å². The van der Waals surface area contributed by atoms with Gasteiger partial charge >= 0.3 is 0 Å². The number of aromatic amines is 1. The standard InChI is InChI=1S/C12H15N5O/c1-2-13-9-16-10(1)11-7-17(5-6-18-11)8-12-14-3-4-15-12/h1-4,9,11H,5-8H2,(H,14,15). The van der Waals surface area contributed by atoms with Gasteiger partial charge in [0.25, 0.3) is 0 Å². The van der Waals surface area contributed by atoms with Crippen LogP contribution in [-0.4, -0.2) is 44.5 Å². The smallest absolute Gasteiger partial charge is 0.120 e. The van der Waals surface area contributed by atoms with Crippen LogP contribution < -0.4 is 0 Å². The second-order valence-corrected chi connectivity index (χ2v) is 4.26. The van der Waals surface area contributed by atoms with Crippen LogP contribution in [0.25, 0.3) is 0 Å². The third-order valence-corrected chi connectivity index (χ3v) is 3.01. The topological polar surface area (TPSA) is 66.9 Å². The molecule has 6 nitrogen and oxygen atoms in total. The summed E-state index contributed by atoms with van der Waals surface area (Å²) in [6.45, 7) is 3.29. The van der Waals surface area contributed by atoms with E-state index >= 15 is 0 Å². The van der Waals surface area contributed by atoms with Gasteiger partial charge in [0.2, 0.25) is 0 Å². The molecule has 2 aromatic rings. The van der Waals surface area contributed by atoms with Crippen LogP contribution in [0.4, 0.5) is 0 Å². The Morgan fingerprint density at radius 1 is 1.39 bits per heavy atom. The van der Waals surface area contributed by atoms with Crippen molar-refractivity contribution in [3.63, 3.8) is 0 Å². The van der Waals surface area contributed by atoms with Gasteiger partial charge in [-0.05, 0) is 6.07 Å². The third kappa shape index (κ3) is 2.55. The summed E-state index contributed by atoms with van der Waals surface area (Å²) in [5.41, 5.74) is 0.939. The van der Waals surface area contributed by atoms with Crippen LogP contribution in [0.1, 0.15) is 17.6 Å². The summed E-state index contributed by atoms with van der Waals surface area (Å²) in [6.07, 6.45) is 6.95. The molecule has 2 aromatic heterocycles. The Morgan fingerprint density at radius 3 is 3.17 bits per heavy atom. The zero-order chi connectivity index (χ0) is 12.2. The Labute approximate surface area is 105 Å². The minimum absolute atomic E-state index is 0.0247. The van der Waals surface area contributed by atoms with Crippen molar-refractivity contribution < 1.29 is 4.74 Å². The van der Waals surface area contributed by atoms with Crippen LogP contribution in [0.2, 0.25) is 0 Å². The van der Waals surface area contributed by atoms with Gasteiger partial charge < -0.3 is 9.72 Å². The van der Waals surface area contributed by atoms with Gasteiger partial charge in [-0.3, -0.25) is 4.90 Å². The number of H-pyrrole nitrogens is 1. The fourth-order valence-electron chi connectivity index (χ4n) is 2.11. The van der Waals surface area contributed by atoms with Crippen molar-refractivity contribution in [3.8, 4) is 0 Å². The van der Waals surface area contributed by atoms with Crippen molar-refractivity contribution in [1.82, 2.24) is 24.8 Å². The molecule has 94 valence electrons. The van der Waals surface area contributed by atoms with E-state index in [4.69, 9.17) is 4.74 Å². The van der Waals surface area contributed by atoms with E-state index in [0.29, 0.717) is 0 Å². The lowest BCUT2D eigenvalue weighted by molar-refractivity contribution is -0.0357. The van der Waals surface area contributed by atoms with E-state index in [1.165, 1.54) is 0 Å². The van der Waals surface area contributed by atoms with E-state index in [9.17, 15) is 0 Å². The van der Waals surface area contributed by atoms with Gasteiger partial charge in [0.05, 0.1) is 18.8 Å². The largest absolute Gasteiger partial charge is 0.369 e. The van der Waals surface area contributed by atoms with Crippen molar-refractivity contribution in [1.29, 1.82) is 0 Å². The molecule has 3 heterocycles. The van der Waals surface area contributed by atoms with Gasteiger partial charge in [-0.15, -0.1) is 0 Å². The van der Waals surface area contributed by atoms with Gasteiger partial charge in [0.1, 0.15) is 18.3 Å². The summed E-state index contributed by atoms with van der Waals surface area (Å²) in [7, 11) is 0. The molecule has 1 fully saturated rings. The van der Waals surface area contributed by atoms with E-state index in [1.807, 2.05) is 12.3 Å². The monoisotopic (exact) mass is 245 g/mol. The average Bonchev–Trinajstić information content (AvgIpc) is 2.93. The molecule has 0 bridgehead atoms. The molecule has 0 aliphatic carbocycles. The van der Waals surface area contributed by atoms with Crippen LogP contribution in [0.15, 0.2) is 31.0 Å². The predicted octanol–water partition coefficient (Wildman–Crippen LogP) is 0.773. The van der Waals surface area contributed by atoms with Crippen molar-refractivity contribution in [2.45, 2.75) is 12.6 Å². The molecule has 1 aliphatic heterocycles. The summed E-state index contributed by atoms with van der Waals surface area (Å²) >= 11 is 0. The Morgan fingerprint density at radius 2 is 2.39 bits per heavy atom. The number of ether oxygens (including phenoxy) is 1. The number of hydrogen-bond acceptors (Lipinski definition) is 5. The fraction of sp³-hybridized carbons (Fsp3) is 0.417. The van der Waals surface area contributed by atoms with E-state index in [1.54, 1.807) is 18.7 Å². The van der Waals surface area contributed by atoms with Crippen LogP contribution >= 0.6 is 0 Å². The first-order valence-electron chi connectivity index (χ1n) is 6.00. The first kappa shape index (κ1) is 11.3. The molecule has 1 atom stereocenters. The Balaban J connectivity index is 1.65. The summed E-state index contributed by atoms with van der Waals surface area (Å²) in [5.74, 6) is 0.985. The molecule has 1 aliphatic rings. The highest BCUT2D eigenvalue weighted by atomic mass is 16.5. The van der Waals surface area contributed by atoms with Gasteiger partial charge in [-0.2, -0.15) is 0 Å². The number of imidazole rings is 1. The number of nitrogens with one attached hydrogen (secondary N) is 1. The minimum Gasteiger partial charge on any atom is -0.369 e. The van der Waals surface area contributed by atoms with E-state index in [0.717, 1.165) is 37.8 Å². The SMILES string of the molecule is c1cc(C2CN(Cc3ncc[nH]3)CCO2)ncn1. The second kappa shape index (κ2) is 5.24. The molecule has 1 N–H and O–H groups in total. The maximum Gasteiger partial charge on any atom is 0.120 e. The fourth-order valence-corrected chi connectivity index (χ4v) is 2.11. The molecule has 0 spiro atoms. The molecule has 1 saturated heterocycles. The first-order chi connectivity index (χ1) is 8.92. The van der Waals surface area contributed by atoms with Gasteiger partial charge in [0, 0.05) is 31.7 Å². The van der Waals surface area contributed by atoms with Crippen molar-refractivity contribution >= 4 is 0 Å². The number of aromatic nitrogens is 4. The Bertz CT molecular complexity index is 472. The molecule has 0 amide bonds. The van der Waals surface area contributed by atoms with Crippen molar-refractivity contribution in [2.75, 3.05) is 19.7 Å². The van der Waals surface area contributed by atoms with Gasteiger partial charge in [-0.1, -0.05) is 0 Å². The lowest BCUT2D eigenvalue weighted by Gasteiger charge is -2.31. The molecule has 1 unspecified atom stereocenters. The lowest BCUT2D eigenvalue weighted by Crippen LogP contribution is -2.38. The summed E-state index contributed by atoms with van der Waals surface area (Å²) in [5, 5.41) is 0. The Kier molecular flexibility index (Phi) is 3.29. The predicted molar refractivity (Wildman–Crippen MR) is 64.6 cm³/mol. The van der Waals surface area contributed by atoms with Crippen LogP contribution in [0.5, 0.6) is 0 Å². The highest BCUT2D eigenvalue weighted by molar-refractivity contribution is 5.04.